The minimum absolute atomic E-state index is 0.560. The average molecular weight is 261 g/mol. The van der Waals surface area contributed by atoms with Crippen molar-refractivity contribution in [3.8, 4) is 0 Å². The number of nitrogen functional groups attached to an aromatic ring is 1. The molecule has 0 spiro atoms. The van der Waals surface area contributed by atoms with E-state index < -0.39 is 0 Å². The number of nitrogens with zero attached hydrogens (tertiary/aromatic N) is 1. The van der Waals surface area contributed by atoms with Crippen LogP contribution in [-0.2, 0) is 0 Å². The van der Waals surface area contributed by atoms with Crippen LogP contribution in [0.25, 0.3) is 0 Å². The van der Waals surface area contributed by atoms with Crippen LogP contribution in [0.5, 0.6) is 0 Å². The van der Waals surface area contributed by atoms with Crippen LogP contribution >= 0.6 is 11.5 Å². The van der Waals surface area contributed by atoms with Crippen molar-refractivity contribution in [1.82, 2.24) is 4.37 Å². The zero-order valence-corrected chi connectivity index (χ0v) is 11.6. The van der Waals surface area contributed by atoms with E-state index >= 15 is 0 Å². The van der Waals surface area contributed by atoms with Gasteiger partial charge in [0.2, 0.25) is 0 Å². The van der Waals surface area contributed by atoms with Gasteiger partial charge in [-0.2, -0.15) is 4.37 Å². The Kier molecular flexibility index (Phi) is 4.20. The van der Waals surface area contributed by atoms with Crippen LogP contribution in [0.2, 0.25) is 0 Å². The van der Waals surface area contributed by atoms with Gasteiger partial charge in [0, 0.05) is 12.1 Å². The van der Waals surface area contributed by atoms with Gasteiger partial charge < -0.3 is 11.1 Å². The molecular weight excluding hydrogens is 242 g/mol. The molecule has 0 aliphatic rings. The molecule has 3 N–H and O–H groups in total. The summed E-state index contributed by atoms with van der Waals surface area (Å²) in [5.41, 5.74) is 8.17. The van der Waals surface area contributed by atoms with Gasteiger partial charge in [-0.25, -0.2) is 0 Å². The summed E-state index contributed by atoms with van der Waals surface area (Å²) in [7, 11) is 0. The Morgan fingerprint density at radius 1 is 1.33 bits per heavy atom. The van der Waals surface area contributed by atoms with E-state index in [0.717, 1.165) is 23.5 Å². The molecule has 1 aromatic carbocycles. The summed E-state index contributed by atoms with van der Waals surface area (Å²) in [4.78, 5) is 0. The number of rotatable bonds is 5. The third kappa shape index (κ3) is 3.01. The zero-order chi connectivity index (χ0) is 13.0. The van der Waals surface area contributed by atoms with E-state index in [4.69, 9.17) is 5.73 Å². The van der Waals surface area contributed by atoms with Gasteiger partial charge in [-0.1, -0.05) is 37.3 Å². The Bertz CT molecular complexity index is 493. The summed E-state index contributed by atoms with van der Waals surface area (Å²) in [6.07, 6.45) is 1.10. The quantitative estimate of drug-likeness (QED) is 0.864. The van der Waals surface area contributed by atoms with E-state index in [2.05, 4.69) is 46.9 Å². The summed E-state index contributed by atoms with van der Waals surface area (Å²) < 4.78 is 4.13. The van der Waals surface area contributed by atoms with E-state index in [9.17, 15) is 0 Å². The lowest BCUT2D eigenvalue weighted by atomic mass is 9.98. The van der Waals surface area contributed by atoms with Crippen LogP contribution < -0.4 is 11.1 Å². The standard InChI is InChI=1S/C14H19N3S/c1-10(12-6-4-3-5-7-12)8-9-16-14-11(2)13(15)17-18-14/h3-7,10,16H,8-9H2,1-2H3,(H2,15,17). The number of nitrogens with one attached hydrogen (secondary N) is 1. The second-order valence-electron chi connectivity index (χ2n) is 4.55. The molecule has 0 fully saturated rings. The highest BCUT2D eigenvalue weighted by Crippen LogP contribution is 2.26. The maximum absolute atomic E-state index is 5.72. The van der Waals surface area contributed by atoms with E-state index in [1.165, 1.54) is 17.1 Å². The number of hydrogen-bond donors (Lipinski definition) is 2. The molecule has 1 atom stereocenters. The van der Waals surface area contributed by atoms with Crippen LogP contribution in [0, 0.1) is 6.92 Å². The van der Waals surface area contributed by atoms with Gasteiger partial charge in [-0.3, -0.25) is 0 Å². The topological polar surface area (TPSA) is 50.9 Å². The van der Waals surface area contributed by atoms with Crippen LogP contribution in [-0.4, -0.2) is 10.9 Å². The third-order valence-electron chi connectivity index (χ3n) is 3.19. The molecule has 3 nitrogen and oxygen atoms in total. The first-order valence-corrected chi connectivity index (χ1v) is 6.96. The molecule has 0 aliphatic heterocycles. The van der Waals surface area contributed by atoms with Crippen molar-refractivity contribution in [3.63, 3.8) is 0 Å². The molecule has 0 saturated heterocycles. The lowest BCUT2D eigenvalue weighted by Gasteiger charge is -2.12. The van der Waals surface area contributed by atoms with Crippen LogP contribution in [0.1, 0.15) is 30.4 Å². The number of hydrogen-bond acceptors (Lipinski definition) is 4. The molecule has 1 unspecified atom stereocenters. The van der Waals surface area contributed by atoms with Crippen molar-refractivity contribution in [2.45, 2.75) is 26.2 Å². The fourth-order valence-electron chi connectivity index (χ4n) is 1.86. The zero-order valence-electron chi connectivity index (χ0n) is 10.8. The molecular formula is C14H19N3S. The minimum Gasteiger partial charge on any atom is -0.383 e. The van der Waals surface area contributed by atoms with Gasteiger partial charge in [0.1, 0.15) is 10.8 Å². The van der Waals surface area contributed by atoms with Crippen molar-refractivity contribution in [2.75, 3.05) is 17.6 Å². The monoisotopic (exact) mass is 261 g/mol. The maximum atomic E-state index is 5.72. The van der Waals surface area contributed by atoms with E-state index in [1.54, 1.807) is 0 Å². The molecule has 0 amide bonds. The molecule has 1 heterocycles. The smallest absolute Gasteiger partial charge is 0.142 e. The second-order valence-corrected chi connectivity index (χ2v) is 5.32. The molecule has 18 heavy (non-hydrogen) atoms. The summed E-state index contributed by atoms with van der Waals surface area (Å²) in [5, 5.41) is 4.50. The van der Waals surface area contributed by atoms with Gasteiger partial charge in [0.15, 0.2) is 0 Å². The summed E-state index contributed by atoms with van der Waals surface area (Å²) in [6, 6.07) is 10.6. The van der Waals surface area contributed by atoms with E-state index in [0.29, 0.717) is 11.7 Å². The first kappa shape index (κ1) is 12.9. The molecule has 2 aromatic rings. The molecule has 96 valence electrons. The van der Waals surface area contributed by atoms with Gasteiger partial charge in [0.25, 0.3) is 0 Å². The number of anilines is 2. The number of nitrogens with two attached hydrogens (primary N) is 1. The van der Waals surface area contributed by atoms with Crippen molar-refractivity contribution >= 4 is 22.4 Å². The molecule has 0 aliphatic carbocycles. The normalized spacial score (nSPS) is 12.3. The van der Waals surface area contributed by atoms with Crippen LogP contribution in [0.4, 0.5) is 10.8 Å². The van der Waals surface area contributed by atoms with E-state index in [1.807, 2.05) is 6.92 Å². The Hall–Kier alpha value is -1.55. The second kappa shape index (κ2) is 5.87. The molecule has 2 rings (SSSR count). The molecule has 0 radical (unpaired) electrons. The predicted molar refractivity (Wildman–Crippen MR) is 79.2 cm³/mol. The first-order chi connectivity index (χ1) is 8.68. The molecule has 4 heteroatoms. The van der Waals surface area contributed by atoms with Crippen LogP contribution in [0.15, 0.2) is 30.3 Å². The molecule has 0 bridgehead atoms. The SMILES string of the molecule is Cc1c(N)nsc1NCCC(C)c1ccccc1. The first-order valence-electron chi connectivity index (χ1n) is 6.19. The van der Waals surface area contributed by atoms with Crippen molar-refractivity contribution in [3.05, 3.63) is 41.5 Å². The van der Waals surface area contributed by atoms with Gasteiger partial charge >= 0.3 is 0 Å². The average Bonchev–Trinajstić information content (AvgIpc) is 2.71. The number of benzene rings is 1. The lowest BCUT2D eigenvalue weighted by Crippen LogP contribution is -2.05. The maximum Gasteiger partial charge on any atom is 0.142 e. The summed E-state index contributed by atoms with van der Waals surface area (Å²) >= 11 is 1.44. The highest BCUT2D eigenvalue weighted by atomic mass is 32.1. The minimum atomic E-state index is 0.560. The Morgan fingerprint density at radius 2 is 2.06 bits per heavy atom. The van der Waals surface area contributed by atoms with Crippen molar-refractivity contribution in [1.29, 1.82) is 0 Å². The van der Waals surface area contributed by atoms with Crippen molar-refractivity contribution in [2.24, 2.45) is 0 Å². The van der Waals surface area contributed by atoms with E-state index in [-0.39, 0.29) is 0 Å². The number of aromatic nitrogens is 1. The highest BCUT2D eigenvalue weighted by molar-refractivity contribution is 7.10. The fraction of sp³-hybridized carbons (Fsp3) is 0.357. The largest absolute Gasteiger partial charge is 0.383 e. The predicted octanol–water partition coefficient (Wildman–Crippen LogP) is 3.64. The van der Waals surface area contributed by atoms with Gasteiger partial charge in [0.05, 0.1) is 0 Å². The third-order valence-corrected chi connectivity index (χ3v) is 4.11. The van der Waals surface area contributed by atoms with Crippen molar-refractivity contribution < 1.29 is 0 Å². The molecule has 1 aromatic heterocycles. The Balaban J connectivity index is 1.84. The highest BCUT2D eigenvalue weighted by Gasteiger charge is 2.08. The van der Waals surface area contributed by atoms with Gasteiger partial charge in [-0.15, -0.1) is 0 Å². The van der Waals surface area contributed by atoms with Crippen LogP contribution in [0.3, 0.4) is 0 Å². The lowest BCUT2D eigenvalue weighted by molar-refractivity contribution is 0.706. The summed E-state index contributed by atoms with van der Waals surface area (Å²) in [6.45, 7) is 5.20. The fourth-order valence-corrected chi connectivity index (χ4v) is 2.60. The summed E-state index contributed by atoms with van der Waals surface area (Å²) in [5.74, 6) is 1.20. The molecule has 0 saturated carbocycles. The Morgan fingerprint density at radius 3 is 2.67 bits per heavy atom. The Labute approximate surface area is 112 Å². The van der Waals surface area contributed by atoms with Gasteiger partial charge in [-0.05, 0) is 36.4 Å².